The molecule has 0 saturated heterocycles. The molecule has 0 aliphatic heterocycles. The molecule has 0 spiro atoms. The van der Waals surface area contributed by atoms with Gasteiger partial charge in [0.1, 0.15) is 0 Å². The largest absolute Gasteiger partial charge is 0.343 e. The normalized spacial score (nSPS) is 11.0. The summed E-state index contributed by atoms with van der Waals surface area (Å²) in [6, 6.07) is 17.0. The molecule has 0 unspecified atom stereocenters. The zero-order valence-electron chi connectivity index (χ0n) is 10.2. The number of halogens is 1. The van der Waals surface area contributed by atoms with Gasteiger partial charge in [-0.15, -0.1) is 0 Å². The molecule has 0 atom stereocenters. The number of nitrogens with zero attached hydrogens (tertiary/aromatic N) is 1. The van der Waals surface area contributed by atoms with Crippen LogP contribution < -0.4 is 0 Å². The van der Waals surface area contributed by atoms with Gasteiger partial charge in [-0.3, -0.25) is 0 Å². The average Bonchev–Trinajstić information content (AvgIpc) is 2.67. The molecule has 0 bridgehead atoms. The van der Waals surface area contributed by atoms with Crippen molar-refractivity contribution in [3.63, 3.8) is 0 Å². The maximum absolute atomic E-state index is 3.53. The van der Waals surface area contributed by atoms with Crippen molar-refractivity contribution in [1.82, 2.24) is 4.57 Å². The Balaban J connectivity index is 2.08. The maximum atomic E-state index is 3.53. The maximum Gasteiger partial charge on any atom is 0.0486 e. The van der Waals surface area contributed by atoms with Crippen molar-refractivity contribution in [2.24, 2.45) is 0 Å². The van der Waals surface area contributed by atoms with E-state index in [1.54, 1.807) is 0 Å². The number of rotatable bonds is 2. The minimum absolute atomic E-state index is 0.923. The van der Waals surface area contributed by atoms with Crippen LogP contribution in [0.3, 0.4) is 0 Å². The molecule has 1 nitrogen and oxygen atoms in total. The van der Waals surface area contributed by atoms with Crippen LogP contribution in [-0.2, 0) is 6.54 Å². The van der Waals surface area contributed by atoms with E-state index in [2.05, 4.69) is 82.1 Å². The number of hydrogen-bond acceptors (Lipinski definition) is 0. The molecular formula is C16H14BrN. The highest BCUT2D eigenvalue weighted by Crippen LogP contribution is 2.25. The van der Waals surface area contributed by atoms with E-state index in [1.165, 1.54) is 22.0 Å². The number of aromatic nitrogens is 1. The van der Waals surface area contributed by atoms with Gasteiger partial charge in [-0.05, 0) is 36.2 Å². The molecule has 1 aromatic heterocycles. The summed E-state index contributed by atoms with van der Waals surface area (Å²) in [6.07, 6.45) is 2.23. The number of benzene rings is 2. The Morgan fingerprint density at radius 1 is 1.06 bits per heavy atom. The van der Waals surface area contributed by atoms with Crippen LogP contribution in [0.1, 0.15) is 11.1 Å². The zero-order chi connectivity index (χ0) is 12.5. The van der Waals surface area contributed by atoms with E-state index in [4.69, 9.17) is 0 Å². The quantitative estimate of drug-likeness (QED) is 0.643. The standard InChI is InChI=1S/C16H14BrN/c1-12-10-18(11-13-5-3-2-4-6-13)16-8-7-14(17)9-15(12)16/h2-10H,11H2,1H3. The molecule has 90 valence electrons. The molecule has 2 aromatic carbocycles. The molecule has 2 heteroatoms. The van der Waals surface area contributed by atoms with Gasteiger partial charge in [0.15, 0.2) is 0 Å². The van der Waals surface area contributed by atoms with Crippen molar-refractivity contribution in [1.29, 1.82) is 0 Å². The van der Waals surface area contributed by atoms with E-state index in [1.807, 2.05) is 0 Å². The first-order valence-corrected chi connectivity index (χ1v) is 6.82. The zero-order valence-corrected chi connectivity index (χ0v) is 11.8. The summed E-state index contributed by atoms with van der Waals surface area (Å²) in [5, 5.41) is 1.32. The minimum atomic E-state index is 0.923. The highest BCUT2D eigenvalue weighted by atomic mass is 79.9. The Hall–Kier alpha value is -1.54. The first-order chi connectivity index (χ1) is 8.74. The van der Waals surface area contributed by atoms with Crippen LogP contribution in [0.2, 0.25) is 0 Å². The molecule has 0 fully saturated rings. The van der Waals surface area contributed by atoms with Gasteiger partial charge in [-0.2, -0.15) is 0 Å². The molecule has 18 heavy (non-hydrogen) atoms. The van der Waals surface area contributed by atoms with Crippen LogP contribution in [0.25, 0.3) is 10.9 Å². The van der Waals surface area contributed by atoms with Crippen LogP contribution in [0.5, 0.6) is 0 Å². The summed E-state index contributed by atoms with van der Waals surface area (Å²) in [4.78, 5) is 0. The molecule has 0 radical (unpaired) electrons. The van der Waals surface area contributed by atoms with E-state index in [0.29, 0.717) is 0 Å². The van der Waals surface area contributed by atoms with E-state index < -0.39 is 0 Å². The van der Waals surface area contributed by atoms with Crippen LogP contribution in [-0.4, -0.2) is 4.57 Å². The predicted octanol–water partition coefficient (Wildman–Crippen LogP) is 4.76. The monoisotopic (exact) mass is 299 g/mol. The van der Waals surface area contributed by atoms with Crippen molar-refractivity contribution >= 4 is 26.8 Å². The molecular weight excluding hydrogens is 286 g/mol. The van der Waals surface area contributed by atoms with Gasteiger partial charge >= 0.3 is 0 Å². The third kappa shape index (κ3) is 2.08. The van der Waals surface area contributed by atoms with E-state index in [9.17, 15) is 0 Å². The summed E-state index contributed by atoms with van der Waals surface area (Å²) in [6.45, 7) is 3.09. The lowest BCUT2D eigenvalue weighted by atomic mass is 10.2. The van der Waals surface area contributed by atoms with Crippen molar-refractivity contribution in [3.05, 3.63) is 70.3 Å². The first kappa shape index (κ1) is 11.5. The SMILES string of the molecule is Cc1cn(Cc2ccccc2)c2ccc(Br)cc12. The number of aryl methyl sites for hydroxylation is 1. The van der Waals surface area contributed by atoms with E-state index in [-0.39, 0.29) is 0 Å². The number of fused-ring (bicyclic) bond motifs is 1. The lowest BCUT2D eigenvalue weighted by molar-refractivity contribution is 0.834. The second-order valence-electron chi connectivity index (χ2n) is 4.59. The van der Waals surface area contributed by atoms with Gasteiger partial charge in [-0.1, -0.05) is 46.3 Å². The Morgan fingerprint density at radius 3 is 2.61 bits per heavy atom. The van der Waals surface area contributed by atoms with Crippen LogP contribution >= 0.6 is 15.9 Å². The van der Waals surface area contributed by atoms with Crippen LogP contribution in [0, 0.1) is 6.92 Å². The van der Waals surface area contributed by atoms with Crippen LogP contribution in [0.4, 0.5) is 0 Å². The number of hydrogen-bond donors (Lipinski definition) is 0. The summed E-state index contributed by atoms with van der Waals surface area (Å²) in [7, 11) is 0. The Morgan fingerprint density at radius 2 is 1.83 bits per heavy atom. The molecule has 0 saturated carbocycles. The fourth-order valence-corrected chi connectivity index (χ4v) is 2.72. The second kappa shape index (κ2) is 4.62. The minimum Gasteiger partial charge on any atom is -0.343 e. The topological polar surface area (TPSA) is 4.93 Å². The lowest BCUT2D eigenvalue weighted by Gasteiger charge is -2.05. The molecule has 0 amide bonds. The second-order valence-corrected chi connectivity index (χ2v) is 5.50. The molecule has 0 N–H and O–H groups in total. The summed E-state index contributed by atoms with van der Waals surface area (Å²) >= 11 is 3.53. The summed E-state index contributed by atoms with van der Waals surface area (Å²) < 4.78 is 3.45. The van der Waals surface area contributed by atoms with E-state index in [0.717, 1.165) is 11.0 Å². The summed E-state index contributed by atoms with van der Waals surface area (Å²) in [5.74, 6) is 0. The van der Waals surface area contributed by atoms with Crippen molar-refractivity contribution in [2.75, 3.05) is 0 Å². The van der Waals surface area contributed by atoms with E-state index >= 15 is 0 Å². The van der Waals surface area contributed by atoms with Gasteiger partial charge < -0.3 is 4.57 Å². The third-order valence-electron chi connectivity index (χ3n) is 3.24. The Kier molecular flexibility index (Phi) is 2.96. The first-order valence-electron chi connectivity index (χ1n) is 6.03. The van der Waals surface area contributed by atoms with Crippen molar-refractivity contribution in [2.45, 2.75) is 13.5 Å². The van der Waals surface area contributed by atoms with Crippen LogP contribution in [0.15, 0.2) is 59.2 Å². The lowest BCUT2D eigenvalue weighted by Crippen LogP contribution is -1.97. The van der Waals surface area contributed by atoms with Gasteiger partial charge in [0, 0.05) is 28.1 Å². The smallest absolute Gasteiger partial charge is 0.0486 e. The van der Waals surface area contributed by atoms with Gasteiger partial charge in [-0.25, -0.2) is 0 Å². The van der Waals surface area contributed by atoms with Crippen molar-refractivity contribution in [3.8, 4) is 0 Å². The van der Waals surface area contributed by atoms with Gasteiger partial charge in [0.05, 0.1) is 0 Å². The molecule has 1 heterocycles. The van der Waals surface area contributed by atoms with Crippen molar-refractivity contribution < 1.29 is 0 Å². The molecule has 3 aromatic rings. The highest BCUT2D eigenvalue weighted by molar-refractivity contribution is 9.10. The van der Waals surface area contributed by atoms with Gasteiger partial charge in [0.2, 0.25) is 0 Å². The highest BCUT2D eigenvalue weighted by Gasteiger charge is 2.06. The molecule has 0 aliphatic rings. The summed E-state index contributed by atoms with van der Waals surface area (Å²) in [5.41, 5.74) is 3.94. The Labute approximate surface area is 115 Å². The Bertz CT molecular complexity index is 683. The average molecular weight is 300 g/mol. The predicted molar refractivity (Wildman–Crippen MR) is 79.9 cm³/mol. The molecule has 0 aliphatic carbocycles. The fourth-order valence-electron chi connectivity index (χ4n) is 2.36. The third-order valence-corrected chi connectivity index (χ3v) is 3.73. The fraction of sp³-hybridized carbons (Fsp3) is 0.125. The van der Waals surface area contributed by atoms with Gasteiger partial charge in [0.25, 0.3) is 0 Å². The molecule has 3 rings (SSSR count).